The highest BCUT2D eigenvalue weighted by Crippen LogP contribution is 2.63. The molecule has 3 heteroatoms. The van der Waals surface area contributed by atoms with E-state index in [4.69, 9.17) is 0 Å². The average molecular weight is 810 g/mol. The Morgan fingerprint density at radius 1 is 0.746 bits per heavy atom. The van der Waals surface area contributed by atoms with E-state index < -0.39 is 0 Å². The first kappa shape index (κ1) is 38.3. The summed E-state index contributed by atoms with van der Waals surface area (Å²) in [6.07, 6.45) is 22.5. The predicted octanol–water partition coefficient (Wildman–Crippen LogP) is 15.2. The second kappa shape index (κ2) is 16.0. The van der Waals surface area contributed by atoms with Gasteiger partial charge in [-0.15, -0.1) is 0 Å². The number of allylic oxidation sites excluding steroid dienone is 12. The van der Waals surface area contributed by atoms with Gasteiger partial charge in [0.05, 0.1) is 11.3 Å². The molecule has 63 heavy (non-hydrogen) atoms. The van der Waals surface area contributed by atoms with E-state index in [2.05, 4.69) is 224 Å². The van der Waals surface area contributed by atoms with E-state index in [0.717, 1.165) is 57.9 Å². The van der Waals surface area contributed by atoms with Crippen LogP contribution in [0.3, 0.4) is 0 Å². The molecule has 0 saturated heterocycles. The van der Waals surface area contributed by atoms with Crippen LogP contribution in [-0.4, -0.2) is 0 Å². The Balaban J connectivity index is 1.12. The third-order valence-electron chi connectivity index (χ3n) is 13.5. The van der Waals surface area contributed by atoms with Gasteiger partial charge in [0.1, 0.15) is 6.07 Å². The summed E-state index contributed by atoms with van der Waals surface area (Å²) in [5, 5.41) is 15.2. The molecule has 302 valence electrons. The molecule has 0 amide bonds. The molecule has 3 unspecified atom stereocenters. The highest BCUT2D eigenvalue weighted by molar-refractivity contribution is 5.93. The lowest BCUT2D eigenvalue weighted by Crippen LogP contribution is -2.25. The van der Waals surface area contributed by atoms with Crippen molar-refractivity contribution < 1.29 is 0 Å². The third kappa shape index (κ3) is 6.58. The second-order valence-electron chi connectivity index (χ2n) is 17.1. The largest absolute Gasteiger partial charge is 0.358 e. The average Bonchev–Trinajstić information content (AvgIpc) is 3.98. The molecular weight excluding hydrogens is 763 g/mol. The fraction of sp³-hybridized carbons (Fsp3) is 0.117. The van der Waals surface area contributed by atoms with Gasteiger partial charge in [-0.25, -0.2) is 0 Å². The summed E-state index contributed by atoms with van der Waals surface area (Å²) >= 11 is 0. The number of hydrogen-bond acceptors (Lipinski definition) is 3. The zero-order valence-corrected chi connectivity index (χ0v) is 35.6. The van der Waals surface area contributed by atoms with Crippen LogP contribution in [0.5, 0.6) is 0 Å². The molecular formula is C60H47N3. The van der Waals surface area contributed by atoms with E-state index in [9.17, 15) is 5.26 Å². The summed E-state index contributed by atoms with van der Waals surface area (Å²) in [5.41, 5.74) is 22.6. The van der Waals surface area contributed by atoms with Gasteiger partial charge in [-0.05, 0) is 130 Å². The number of anilines is 3. The van der Waals surface area contributed by atoms with Crippen molar-refractivity contribution in [3.63, 3.8) is 0 Å². The zero-order chi connectivity index (χ0) is 42.4. The van der Waals surface area contributed by atoms with Gasteiger partial charge < -0.3 is 10.2 Å². The highest BCUT2D eigenvalue weighted by atomic mass is 15.2. The molecule has 0 bridgehead atoms. The molecule has 6 aromatic rings. The molecule has 6 aromatic carbocycles. The topological polar surface area (TPSA) is 39.1 Å². The van der Waals surface area contributed by atoms with Crippen LogP contribution >= 0.6 is 0 Å². The number of rotatable bonds is 11. The lowest BCUT2D eigenvalue weighted by molar-refractivity contribution is 0.780. The fourth-order valence-electron chi connectivity index (χ4n) is 10.5. The Hall–Kier alpha value is -7.67. The molecule has 11 rings (SSSR count). The lowest BCUT2D eigenvalue weighted by atomic mass is 9.79. The van der Waals surface area contributed by atoms with Crippen molar-refractivity contribution in [1.82, 2.24) is 0 Å². The first-order valence-electron chi connectivity index (χ1n) is 22.2. The Kier molecular flexibility index (Phi) is 9.71. The number of benzene rings is 6. The van der Waals surface area contributed by atoms with Crippen molar-refractivity contribution in [2.75, 3.05) is 10.2 Å². The van der Waals surface area contributed by atoms with E-state index in [1.165, 1.54) is 55.8 Å². The summed E-state index contributed by atoms with van der Waals surface area (Å²) in [7, 11) is 0. The normalized spacial score (nSPS) is 19.3. The first-order chi connectivity index (χ1) is 31.1. The van der Waals surface area contributed by atoms with Gasteiger partial charge in [0.25, 0.3) is 0 Å². The number of nitrogens with zero attached hydrogens (tertiary/aromatic N) is 2. The molecule has 5 aliphatic rings. The number of nitrogens with one attached hydrogen (secondary N) is 1. The number of nitriles is 1. The Bertz CT molecular complexity index is 3090. The zero-order valence-electron chi connectivity index (χ0n) is 35.6. The van der Waals surface area contributed by atoms with Crippen molar-refractivity contribution >= 4 is 23.1 Å². The molecule has 0 aromatic heterocycles. The molecule has 0 aliphatic heterocycles. The van der Waals surface area contributed by atoms with Crippen LogP contribution < -0.4 is 10.2 Å². The molecule has 0 heterocycles. The van der Waals surface area contributed by atoms with E-state index >= 15 is 0 Å². The summed E-state index contributed by atoms with van der Waals surface area (Å²) in [5.74, 6) is 0.438. The predicted molar refractivity (Wildman–Crippen MR) is 261 cm³/mol. The van der Waals surface area contributed by atoms with Crippen LogP contribution in [0.15, 0.2) is 233 Å². The van der Waals surface area contributed by atoms with Gasteiger partial charge in [0.2, 0.25) is 0 Å². The van der Waals surface area contributed by atoms with Crippen LogP contribution in [0.2, 0.25) is 0 Å². The van der Waals surface area contributed by atoms with Crippen LogP contribution in [0.1, 0.15) is 59.4 Å². The minimum atomic E-state index is -0.00967. The van der Waals surface area contributed by atoms with Gasteiger partial charge in [-0.2, -0.15) is 5.26 Å². The standard InChI is InChI=1S/C60H47N3/c1-3-4-9-19-40-32-49(42-24-18-25-42)39(2)50(33-40)58-53-37-52-55(31-30-44-35-54(57(53)56(44)52)59(58)62-47-26-14-7-15-27-47)63(48-28-16-8-17-29-48)60-46(38-61)34-45(41-20-10-5-11-21-41)36-51(60)43-22-12-6-13-23-43/h3-24,26-34,36-37,42,52,58,62H,25,35H2,1-2H3/b4-3-,19-9-. The molecule has 0 radical (unpaired) electrons. The monoisotopic (exact) mass is 809 g/mol. The molecule has 0 spiro atoms. The van der Waals surface area contributed by atoms with Crippen molar-refractivity contribution in [1.29, 1.82) is 5.26 Å². The van der Waals surface area contributed by atoms with Gasteiger partial charge >= 0.3 is 0 Å². The van der Waals surface area contributed by atoms with E-state index in [1.807, 2.05) is 6.07 Å². The quantitative estimate of drug-likeness (QED) is 0.105. The number of hydrogen-bond donors (Lipinski definition) is 1. The highest BCUT2D eigenvalue weighted by Gasteiger charge is 2.49. The van der Waals surface area contributed by atoms with Crippen LogP contribution in [0, 0.1) is 24.2 Å². The van der Waals surface area contributed by atoms with Crippen LogP contribution in [0.4, 0.5) is 17.1 Å². The Morgan fingerprint density at radius 2 is 1.43 bits per heavy atom. The SMILES string of the molecule is C/C=C\C=C/c1cc(C2C=CC2)c(C)c(C2C3=CC4C(N(c5ccccc5)c5c(C#N)cc(-c6ccccc6)cc5-c5ccccc5)=CC=C5CC(=C2Nc2ccccc2)C3=C54)c1. The molecule has 0 fully saturated rings. The summed E-state index contributed by atoms with van der Waals surface area (Å²) in [4.78, 5) is 2.39. The second-order valence-corrected chi connectivity index (χ2v) is 17.1. The smallest absolute Gasteiger partial charge is 0.101 e. The van der Waals surface area contributed by atoms with E-state index in [-0.39, 0.29) is 11.8 Å². The van der Waals surface area contributed by atoms with Gasteiger partial charge in [0.15, 0.2) is 0 Å². The van der Waals surface area contributed by atoms with E-state index in [0.29, 0.717) is 11.5 Å². The Morgan fingerprint density at radius 3 is 2.11 bits per heavy atom. The number of para-hydroxylation sites is 2. The van der Waals surface area contributed by atoms with Gasteiger partial charge in [-0.3, -0.25) is 0 Å². The maximum absolute atomic E-state index is 11.2. The summed E-state index contributed by atoms with van der Waals surface area (Å²) in [6.45, 7) is 4.41. The Labute approximate surface area is 371 Å². The van der Waals surface area contributed by atoms with Crippen LogP contribution in [0.25, 0.3) is 28.3 Å². The van der Waals surface area contributed by atoms with Crippen LogP contribution in [-0.2, 0) is 0 Å². The minimum absolute atomic E-state index is 0.00967. The van der Waals surface area contributed by atoms with Crippen molar-refractivity contribution in [2.45, 2.75) is 38.5 Å². The molecule has 3 atom stereocenters. The van der Waals surface area contributed by atoms with E-state index in [1.54, 1.807) is 0 Å². The lowest BCUT2D eigenvalue weighted by Gasteiger charge is -2.35. The third-order valence-corrected chi connectivity index (χ3v) is 13.5. The molecule has 3 nitrogen and oxygen atoms in total. The molecule has 0 saturated carbocycles. The summed E-state index contributed by atoms with van der Waals surface area (Å²) in [6, 6.07) is 54.2. The molecule has 1 N–H and O–H groups in total. The van der Waals surface area contributed by atoms with Crippen molar-refractivity contribution in [3.8, 4) is 28.3 Å². The van der Waals surface area contributed by atoms with Crippen molar-refractivity contribution in [2.24, 2.45) is 5.92 Å². The maximum Gasteiger partial charge on any atom is 0.101 e. The summed E-state index contributed by atoms with van der Waals surface area (Å²) < 4.78 is 0. The first-order valence-corrected chi connectivity index (χ1v) is 22.2. The fourth-order valence-corrected chi connectivity index (χ4v) is 10.5. The maximum atomic E-state index is 11.2. The van der Waals surface area contributed by atoms with Gasteiger partial charge in [-0.1, -0.05) is 158 Å². The molecule has 5 aliphatic carbocycles. The van der Waals surface area contributed by atoms with Crippen molar-refractivity contribution in [3.05, 3.63) is 261 Å². The minimum Gasteiger partial charge on any atom is -0.358 e. The van der Waals surface area contributed by atoms with Gasteiger partial charge in [0, 0.05) is 52.5 Å².